The lowest BCUT2D eigenvalue weighted by atomic mass is 9.82. The Morgan fingerprint density at radius 1 is 1.32 bits per heavy atom. The van der Waals surface area contributed by atoms with E-state index in [1.54, 1.807) is 26.8 Å². The highest BCUT2D eigenvalue weighted by molar-refractivity contribution is 5.81. The molecule has 0 aliphatic heterocycles. The summed E-state index contributed by atoms with van der Waals surface area (Å²) in [6.07, 6.45) is 4.70. The number of aliphatic hydroxyl groups is 1. The van der Waals surface area contributed by atoms with Crippen LogP contribution in [0.5, 0.6) is 0 Å². The minimum Gasteiger partial charge on any atom is -0.388 e. The van der Waals surface area contributed by atoms with Gasteiger partial charge in [0.1, 0.15) is 0 Å². The molecule has 3 nitrogen and oxygen atoms in total. The van der Waals surface area contributed by atoms with E-state index in [4.69, 9.17) is 5.73 Å². The molecule has 3 heteroatoms. The van der Waals surface area contributed by atoms with Crippen LogP contribution in [0.15, 0.2) is 48.1 Å². The van der Waals surface area contributed by atoms with Gasteiger partial charge in [0, 0.05) is 0 Å². The monoisotopic (exact) mass is 259 g/mol. The first kappa shape index (κ1) is 15.2. The number of carbonyl (C=O) groups is 1. The van der Waals surface area contributed by atoms with Gasteiger partial charge >= 0.3 is 0 Å². The summed E-state index contributed by atoms with van der Waals surface area (Å²) in [5, 5.41) is 10.1. The van der Waals surface area contributed by atoms with E-state index in [1.807, 2.05) is 42.5 Å². The molecule has 1 aromatic rings. The maximum Gasteiger partial charge on any atom is 0.226 e. The standard InChI is InChI=1S/C16H21NO2/c1-12(14(18)16(2,3)15(17)19)8-7-11-13-9-5-4-6-10-13/h4-11,14,18H,1-3H3,(H2,17,19)/b11-7+,12-8-. The van der Waals surface area contributed by atoms with Gasteiger partial charge in [-0.2, -0.15) is 0 Å². The van der Waals surface area contributed by atoms with Crippen LogP contribution >= 0.6 is 0 Å². The van der Waals surface area contributed by atoms with Gasteiger partial charge in [0.25, 0.3) is 0 Å². The molecule has 0 radical (unpaired) electrons. The van der Waals surface area contributed by atoms with Gasteiger partial charge in [0.05, 0.1) is 11.5 Å². The highest BCUT2D eigenvalue weighted by atomic mass is 16.3. The minimum absolute atomic E-state index is 0.514. The number of primary amides is 1. The van der Waals surface area contributed by atoms with E-state index in [0.717, 1.165) is 5.56 Å². The van der Waals surface area contributed by atoms with Crippen molar-refractivity contribution in [2.24, 2.45) is 11.1 Å². The molecular weight excluding hydrogens is 238 g/mol. The average molecular weight is 259 g/mol. The van der Waals surface area contributed by atoms with Crippen LogP contribution in [-0.4, -0.2) is 17.1 Å². The Morgan fingerprint density at radius 2 is 1.89 bits per heavy atom. The van der Waals surface area contributed by atoms with Crippen molar-refractivity contribution in [3.05, 3.63) is 53.6 Å². The van der Waals surface area contributed by atoms with Gasteiger partial charge in [-0.3, -0.25) is 4.79 Å². The van der Waals surface area contributed by atoms with Crippen molar-refractivity contribution < 1.29 is 9.90 Å². The first-order chi connectivity index (χ1) is 8.85. The molecular formula is C16H21NO2. The third-order valence-corrected chi connectivity index (χ3v) is 3.20. The highest BCUT2D eigenvalue weighted by Gasteiger charge is 2.34. The summed E-state index contributed by atoms with van der Waals surface area (Å²) < 4.78 is 0. The molecule has 1 amide bonds. The van der Waals surface area contributed by atoms with Gasteiger partial charge in [0.15, 0.2) is 0 Å². The zero-order chi connectivity index (χ0) is 14.5. The molecule has 1 aromatic carbocycles. The van der Waals surface area contributed by atoms with E-state index >= 15 is 0 Å². The third-order valence-electron chi connectivity index (χ3n) is 3.20. The fourth-order valence-corrected chi connectivity index (χ4v) is 1.67. The highest BCUT2D eigenvalue weighted by Crippen LogP contribution is 2.25. The lowest BCUT2D eigenvalue weighted by Gasteiger charge is -2.27. The quantitative estimate of drug-likeness (QED) is 0.798. The second-order valence-electron chi connectivity index (χ2n) is 5.17. The molecule has 1 atom stereocenters. The number of carbonyl (C=O) groups excluding carboxylic acids is 1. The number of hydrogen-bond donors (Lipinski definition) is 2. The van der Waals surface area contributed by atoms with Crippen LogP contribution in [0, 0.1) is 5.41 Å². The zero-order valence-electron chi connectivity index (χ0n) is 11.6. The lowest BCUT2D eigenvalue weighted by Crippen LogP contribution is -2.42. The molecule has 0 spiro atoms. The average Bonchev–Trinajstić information content (AvgIpc) is 2.38. The predicted molar refractivity (Wildman–Crippen MR) is 78.2 cm³/mol. The van der Waals surface area contributed by atoms with Gasteiger partial charge in [-0.25, -0.2) is 0 Å². The molecule has 0 aromatic heterocycles. The molecule has 0 heterocycles. The number of allylic oxidation sites excluding steroid dienone is 2. The van der Waals surface area contributed by atoms with E-state index in [9.17, 15) is 9.90 Å². The number of hydrogen-bond acceptors (Lipinski definition) is 2. The number of nitrogens with two attached hydrogens (primary N) is 1. The van der Waals surface area contributed by atoms with E-state index in [0.29, 0.717) is 5.57 Å². The summed E-state index contributed by atoms with van der Waals surface area (Å²) in [6.45, 7) is 5.06. The van der Waals surface area contributed by atoms with Gasteiger partial charge in [0.2, 0.25) is 5.91 Å². The van der Waals surface area contributed by atoms with E-state index in [2.05, 4.69) is 0 Å². The Labute approximate surface area is 114 Å². The molecule has 19 heavy (non-hydrogen) atoms. The van der Waals surface area contributed by atoms with Crippen LogP contribution in [0.25, 0.3) is 6.08 Å². The van der Waals surface area contributed by atoms with Crippen molar-refractivity contribution in [3.8, 4) is 0 Å². The van der Waals surface area contributed by atoms with Gasteiger partial charge in [-0.15, -0.1) is 0 Å². The van der Waals surface area contributed by atoms with Crippen molar-refractivity contribution in [1.82, 2.24) is 0 Å². The van der Waals surface area contributed by atoms with Crippen LogP contribution in [0.4, 0.5) is 0 Å². The van der Waals surface area contributed by atoms with Crippen molar-refractivity contribution in [2.45, 2.75) is 26.9 Å². The number of rotatable bonds is 5. The first-order valence-corrected chi connectivity index (χ1v) is 6.23. The van der Waals surface area contributed by atoms with E-state index in [1.165, 1.54) is 0 Å². The summed E-state index contributed by atoms with van der Waals surface area (Å²) >= 11 is 0. The van der Waals surface area contributed by atoms with Gasteiger partial charge in [-0.05, 0) is 31.9 Å². The van der Waals surface area contributed by atoms with Crippen LogP contribution in [0.3, 0.4) is 0 Å². The van der Waals surface area contributed by atoms with Crippen molar-refractivity contribution in [2.75, 3.05) is 0 Å². The van der Waals surface area contributed by atoms with Crippen molar-refractivity contribution >= 4 is 12.0 Å². The third kappa shape index (κ3) is 4.07. The summed E-state index contributed by atoms with van der Waals surface area (Å²) in [7, 11) is 0. The molecule has 102 valence electrons. The number of benzene rings is 1. The Morgan fingerprint density at radius 3 is 2.42 bits per heavy atom. The van der Waals surface area contributed by atoms with Crippen LogP contribution in [-0.2, 0) is 4.79 Å². The molecule has 0 aliphatic carbocycles. The Balaban J connectivity index is 2.78. The summed E-state index contributed by atoms with van der Waals surface area (Å²) in [5.41, 5.74) is 6.10. The van der Waals surface area contributed by atoms with Crippen LogP contribution in [0.2, 0.25) is 0 Å². The van der Waals surface area contributed by atoms with Crippen molar-refractivity contribution in [3.63, 3.8) is 0 Å². The van der Waals surface area contributed by atoms with Gasteiger partial charge in [-0.1, -0.05) is 48.6 Å². The van der Waals surface area contributed by atoms with Gasteiger partial charge < -0.3 is 10.8 Å². The fourth-order valence-electron chi connectivity index (χ4n) is 1.67. The molecule has 0 aliphatic rings. The smallest absolute Gasteiger partial charge is 0.226 e. The molecule has 0 fully saturated rings. The number of aliphatic hydroxyl groups excluding tert-OH is 1. The SMILES string of the molecule is C/C(=C/C=C/c1ccccc1)C(O)C(C)(C)C(N)=O. The molecule has 0 saturated carbocycles. The molecule has 0 saturated heterocycles. The van der Waals surface area contributed by atoms with E-state index < -0.39 is 17.4 Å². The Kier molecular flexibility index (Phi) is 5.07. The largest absolute Gasteiger partial charge is 0.388 e. The summed E-state index contributed by atoms with van der Waals surface area (Å²) in [5.74, 6) is -0.514. The lowest BCUT2D eigenvalue weighted by molar-refractivity contribution is -0.130. The topological polar surface area (TPSA) is 63.3 Å². The Bertz CT molecular complexity index is 487. The maximum absolute atomic E-state index is 11.3. The molecule has 1 unspecified atom stereocenters. The minimum atomic E-state index is -0.971. The maximum atomic E-state index is 11.3. The molecule has 3 N–H and O–H groups in total. The Hall–Kier alpha value is -1.87. The second kappa shape index (κ2) is 6.34. The summed E-state index contributed by atoms with van der Waals surface area (Å²) in [4.78, 5) is 11.3. The second-order valence-corrected chi connectivity index (χ2v) is 5.17. The normalized spacial score (nSPS) is 14.6. The van der Waals surface area contributed by atoms with Crippen LogP contribution < -0.4 is 5.73 Å². The van der Waals surface area contributed by atoms with Crippen LogP contribution in [0.1, 0.15) is 26.3 Å². The summed E-state index contributed by atoms with van der Waals surface area (Å²) in [6, 6.07) is 9.85. The molecule has 1 rings (SSSR count). The predicted octanol–water partition coefficient (Wildman–Crippen LogP) is 2.52. The fraction of sp³-hybridized carbons (Fsp3) is 0.312. The first-order valence-electron chi connectivity index (χ1n) is 6.23. The number of amides is 1. The van der Waals surface area contributed by atoms with E-state index in [-0.39, 0.29) is 0 Å². The van der Waals surface area contributed by atoms with Crippen molar-refractivity contribution in [1.29, 1.82) is 0 Å². The zero-order valence-corrected chi connectivity index (χ0v) is 11.6. The molecule has 0 bridgehead atoms.